The van der Waals surface area contributed by atoms with E-state index in [2.05, 4.69) is 20.7 Å². The number of amides is 3. The summed E-state index contributed by atoms with van der Waals surface area (Å²) in [6.45, 7) is 6.16. The number of carbonyl (C=O) groups is 2. The molecule has 0 radical (unpaired) electrons. The van der Waals surface area contributed by atoms with E-state index < -0.39 is 11.7 Å². The van der Waals surface area contributed by atoms with E-state index in [-0.39, 0.29) is 6.03 Å². The van der Waals surface area contributed by atoms with Crippen LogP contribution in [0.1, 0.15) is 31.9 Å². The lowest BCUT2D eigenvalue weighted by Crippen LogP contribution is -2.45. The van der Waals surface area contributed by atoms with Crippen molar-refractivity contribution in [2.75, 3.05) is 15.5 Å². The molecule has 0 aliphatic carbocycles. The SMILES string of the molecule is Cn1cc(Nc2ncc3c(n2)N(c2cccc(NC(=O)OC(C)(C)C)c2)C(=O)N(Cc2ccccc2)C3)cn1. The van der Waals surface area contributed by atoms with Crippen LogP contribution in [0.25, 0.3) is 0 Å². The zero-order chi connectivity index (χ0) is 27.6. The molecule has 0 atom stereocenters. The Morgan fingerprint density at radius 1 is 1.05 bits per heavy atom. The summed E-state index contributed by atoms with van der Waals surface area (Å²) >= 11 is 0. The first-order chi connectivity index (χ1) is 18.6. The van der Waals surface area contributed by atoms with E-state index in [1.807, 2.05) is 37.4 Å². The zero-order valence-electron chi connectivity index (χ0n) is 22.3. The first-order valence-electron chi connectivity index (χ1n) is 12.5. The zero-order valence-corrected chi connectivity index (χ0v) is 22.3. The van der Waals surface area contributed by atoms with Gasteiger partial charge < -0.3 is 15.0 Å². The van der Waals surface area contributed by atoms with E-state index in [1.54, 1.807) is 73.2 Å². The summed E-state index contributed by atoms with van der Waals surface area (Å²) in [7, 11) is 1.82. The van der Waals surface area contributed by atoms with E-state index in [1.165, 1.54) is 4.90 Å². The molecule has 39 heavy (non-hydrogen) atoms. The highest BCUT2D eigenvalue weighted by Gasteiger charge is 2.34. The summed E-state index contributed by atoms with van der Waals surface area (Å²) in [6.07, 6.45) is 4.61. The highest BCUT2D eigenvalue weighted by Crippen LogP contribution is 2.36. The molecule has 11 heteroatoms. The molecule has 4 aromatic rings. The van der Waals surface area contributed by atoms with Crippen molar-refractivity contribution in [1.82, 2.24) is 24.6 Å². The van der Waals surface area contributed by atoms with E-state index in [0.29, 0.717) is 36.2 Å². The van der Waals surface area contributed by atoms with Crippen molar-refractivity contribution < 1.29 is 14.3 Å². The number of carbonyl (C=O) groups excluding carboxylic acids is 2. The maximum Gasteiger partial charge on any atom is 0.412 e. The van der Waals surface area contributed by atoms with Crippen LogP contribution in [0, 0.1) is 0 Å². The first kappa shape index (κ1) is 25.7. The van der Waals surface area contributed by atoms with Crippen LogP contribution in [0.2, 0.25) is 0 Å². The van der Waals surface area contributed by atoms with Gasteiger partial charge in [0.1, 0.15) is 5.60 Å². The number of aryl methyl sites for hydroxylation is 1. The molecule has 2 N–H and O–H groups in total. The minimum absolute atomic E-state index is 0.244. The maximum absolute atomic E-state index is 13.9. The van der Waals surface area contributed by atoms with Crippen LogP contribution in [0.5, 0.6) is 0 Å². The van der Waals surface area contributed by atoms with E-state index in [9.17, 15) is 9.59 Å². The largest absolute Gasteiger partial charge is 0.444 e. The van der Waals surface area contributed by atoms with Crippen molar-refractivity contribution in [2.24, 2.45) is 7.05 Å². The van der Waals surface area contributed by atoms with Gasteiger partial charge >= 0.3 is 12.1 Å². The average molecular weight is 527 g/mol. The number of aromatic nitrogens is 4. The van der Waals surface area contributed by atoms with Crippen molar-refractivity contribution in [1.29, 1.82) is 0 Å². The van der Waals surface area contributed by atoms with Crippen LogP contribution >= 0.6 is 0 Å². The van der Waals surface area contributed by atoms with Crippen molar-refractivity contribution in [3.05, 3.63) is 84.3 Å². The van der Waals surface area contributed by atoms with Crippen molar-refractivity contribution in [2.45, 2.75) is 39.5 Å². The quantitative estimate of drug-likeness (QED) is 0.337. The monoisotopic (exact) mass is 526 g/mol. The second-order valence-electron chi connectivity index (χ2n) is 10.2. The summed E-state index contributed by atoms with van der Waals surface area (Å²) in [5, 5.41) is 10.1. The smallest absolute Gasteiger partial charge is 0.412 e. The predicted molar refractivity (Wildman–Crippen MR) is 148 cm³/mol. The lowest BCUT2D eigenvalue weighted by atomic mass is 10.1. The molecule has 2 aromatic carbocycles. The molecule has 2 aromatic heterocycles. The van der Waals surface area contributed by atoms with Gasteiger partial charge in [0.15, 0.2) is 5.82 Å². The fourth-order valence-electron chi connectivity index (χ4n) is 4.19. The second-order valence-corrected chi connectivity index (χ2v) is 10.2. The van der Waals surface area contributed by atoms with Gasteiger partial charge in [0, 0.05) is 37.2 Å². The fourth-order valence-corrected chi connectivity index (χ4v) is 4.19. The molecule has 0 fully saturated rings. The molecule has 3 heterocycles. The molecule has 11 nitrogen and oxygen atoms in total. The molecule has 1 aliphatic rings. The summed E-state index contributed by atoms with van der Waals surface area (Å²) in [6, 6.07) is 16.6. The number of nitrogens with one attached hydrogen (secondary N) is 2. The Hall–Kier alpha value is -4.93. The Kier molecular flexibility index (Phi) is 6.88. The number of anilines is 5. The molecule has 1 aliphatic heterocycles. The number of hydrogen-bond donors (Lipinski definition) is 2. The molecule has 3 amide bonds. The van der Waals surface area contributed by atoms with Gasteiger partial charge in [-0.15, -0.1) is 0 Å². The third-order valence-electron chi connectivity index (χ3n) is 5.80. The number of rotatable bonds is 6. The number of urea groups is 1. The molecular formula is C28H30N8O3. The average Bonchev–Trinajstić information content (AvgIpc) is 3.28. The topological polar surface area (TPSA) is 118 Å². The third-order valence-corrected chi connectivity index (χ3v) is 5.80. The van der Waals surface area contributed by atoms with Crippen LogP contribution < -0.4 is 15.5 Å². The highest BCUT2D eigenvalue weighted by atomic mass is 16.6. The van der Waals surface area contributed by atoms with Gasteiger partial charge in [0.25, 0.3) is 0 Å². The Morgan fingerprint density at radius 3 is 2.56 bits per heavy atom. The fraction of sp³-hybridized carbons (Fsp3) is 0.250. The summed E-state index contributed by atoms with van der Waals surface area (Å²) in [4.78, 5) is 38.8. The molecule has 200 valence electrons. The summed E-state index contributed by atoms with van der Waals surface area (Å²) in [5.74, 6) is 0.791. The number of ether oxygens (including phenoxy) is 1. The number of fused-ring (bicyclic) bond motifs is 1. The normalized spacial score (nSPS) is 13.2. The van der Waals surface area contributed by atoms with Crippen molar-refractivity contribution >= 4 is 41.0 Å². The molecular weight excluding hydrogens is 496 g/mol. The molecule has 0 saturated carbocycles. The van der Waals surface area contributed by atoms with E-state index in [4.69, 9.17) is 9.72 Å². The molecule has 0 bridgehead atoms. The summed E-state index contributed by atoms with van der Waals surface area (Å²) in [5.41, 5.74) is 2.90. The van der Waals surface area contributed by atoms with Crippen LogP contribution in [-0.4, -0.2) is 42.4 Å². The second kappa shape index (κ2) is 10.4. The Morgan fingerprint density at radius 2 is 1.85 bits per heavy atom. The van der Waals surface area contributed by atoms with Crippen LogP contribution in [-0.2, 0) is 24.9 Å². The minimum Gasteiger partial charge on any atom is -0.444 e. The predicted octanol–water partition coefficient (Wildman–Crippen LogP) is 5.57. The lowest BCUT2D eigenvalue weighted by Gasteiger charge is -2.36. The van der Waals surface area contributed by atoms with Gasteiger partial charge in [0.05, 0.1) is 24.1 Å². The molecule has 5 rings (SSSR count). The first-order valence-corrected chi connectivity index (χ1v) is 12.5. The Bertz CT molecular complexity index is 1500. The summed E-state index contributed by atoms with van der Waals surface area (Å²) < 4.78 is 7.06. The van der Waals surface area contributed by atoms with Crippen molar-refractivity contribution in [3.8, 4) is 0 Å². The number of nitrogens with zero attached hydrogens (tertiary/aromatic N) is 6. The lowest BCUT2D eigenvalue weighted by molar-refractivity contribution is 0.0636. The van der Waals surface area contributed by atoms with Gasteiger partial charge in [-0.1, -0.05) is 36.4 Å². The molecule has 0 saturated heterocycles. The number of hydrogen-bond acceptors (Lipinski definition) is 7. The highest BCUT2D eigenvalue weighted by molar-refractivity contribution is 6.01. The van der Waals surface area contributed by atoms with Gasteiger partial charge in [-0.05, 0) is 44.5 Å². The van der Waals surface area contributed by atoms with Crippen LogP contribution in [0.3, 0.4) is 0 Å². The van der Waals surface area contributed by atoms with Crippen LogP contribution in [0.4, 0.5) is 38.4 Å². The number of benzene rings is 2. The van der Waals surface area contributed by atoms with Gasteiger partial charge in [-0.25, -0.2) is 19.5 Å². The van der Waals surface area contributed by atoms with Gasteiger partial charge in [-0.2, -0.15) is 10.1 Å². The van der Waals surface area contributed by atoms with Crippen molar-refractivity contribution in [3.63, 3.8) is 0 Å². The van der Waals surface area contributed by atoms with Gasteiger partial charge in [-0.3, -0.25) is 10.00 Å². The maximum atomic E-state index is 13.9. The van der Waals surface area contributed by atoms with Gasteiger partial charge in [0.2, 0.25) is 5.95 Å². The van der Waals surface area contributed by atoms with Crippen LogP contribution in [0.15, 0.2) is 73.2 Å². The third kappa shape index (κ3) is 6.15. The Balaban J connectivity index is 1.50. The minimum atomic E-state index is -0.643. The van der Waals surface area contributed by atoms with E-state index >= 15 is 0 Å². The molecule has 0 spiro atoms. The Labute approximate surface area is 226 Å². The standard InChI is InChI=1S/C28H30N8O3/c1-28(2,3)39-26(37)32-21-11-8-12-23(13-21)36-24-20(14-29-25(33-24)31-22-15-30-34(4)18-22)17-35(27(36)38)16-19-9-6-5-7-10-19/h5-15,18H,16-17H2,1-4H3,(H,32,37)(H,29,31,33). The van der Waals surface area contributed by atoms with E-state index in [0.717, 1.165) is 16.8 Å². The molecule has 0 unspecified atom stereocenters.